The lowest BCUT2D eigenvalue weighted by atomic mass is 10.1. The highest BCUT2D eigenvalue weighted by molar-refractivity contribution is 5.93. The predicted molar refractivity (Wildman–Crippen MR) is 91.0 cm³/mol. The molecule has 2 aromatic rings. The fourth-order valence-corrected chi connectivity index (χ4v) is 2.25. The Morgan fingerprint density at radius 1 is 1.38 bits per heavy atom. The molecular formula is C18H22F3N3O2. The molecule has 0 aliphatic rings. The van der Waals surface area contributed by atoms with Crippen LogP contribution in [-0.2, 0) is 13.1 Å². The van der Waals surface area contributed by atoms with Gasteiger partial charge in [-0.25, -0.2) is 0 Å². The fourth-order valence-electron chi connectivity index (χ4n) is 2.25. The number of hydrogen-bond donors (Lipinski definition) is 1. The smallest absolute Gasteiger partial charge is 0.408 e. The number of nitrogens with zero attached hydrogens (tertiary/aromatic N) is 2. The van der Waals surface area contributed by atoms with Gasteiger partial charge in [0.1, 0.15) is 12.3 Å². The van der Waals surface area contributed by atoms with Gasteiger partial charge in [-0.3, -0.25) is 9.48 Å². The molecule has 0 aliphatic carbocycles. The molecule has 8 heteroatoms. The van der Waals surface area contributed by atoms with Crippen LogP contribution in [0.2, 0.25) is 0 Å². The maximum atomic E-state index is 12.4. The van der Waals surface area contributed by atoms with Crippen LogP contribution >= 0.6 is 0 Å². The topological polar surface area (TPSA) is 56.1 Å². The Kier molecular flexibility index (Phi) is 6.28. The lowest BCUT2D eigenvalue weighted by Crippen LogP contribution is -2.23. The molecule has 2 rings (SSSR count). The Labute approximate surface area is 150 Å². The number of nitrogens with one attached hydrogen (secondary N) is 1. The van der Waals surface area contributed by atoms with Gasteiger partial charge >= 0.3 is 6.18 Å². The standard InChI is InChI=1S/C18H22F3N3O2/c1-4-13(3)26-16-7-12(2)5-6-14(16)8-22-17(25)15-9-23-24(10-15)11-18(19,20)21/h5-7,9-10,13H,4,8,11H2,1-3H3,(H,22,25). The van der Waals surface area contributed by atoms with E-state index in [9.17, 15) is 18.0 Å². The number of aromatic nitrogens is 2. The third-order valence-corrected chi connectivity index (χ3v) is 3.80. The summed E-state index contributed by atoms with van der Waals surface area (Å²) in [6.07, 6.45) is -1.31. The van der Waals surface area contributed by atoms with Crippen molar-refractivity contribution in [1.82, 2.24) is 15.1 Å². The monoisotopic (exact) mass is 369 g/mol. The summed E-state index contributed by atoms with van der Waals surface area (Å²) in [5, 5.41) is 6.26. The van der Waals surface area contributed by atoms with Crippen LogP contribution in [0.4, 0.5) is 13.2 Å². The van der Waals surface area contributed by atoms with Gasteiger partial charge in [-0.2, -0.15) is 18.3 Å². The SMILES string of the molecule is CCC(C)Oc1cc(C)ccc1CNC(=O)c1cnn(CC(F)(F)F)c1. The van der Waals surface area contributed by atoms with Gasteiger partial charge in [-0.1, -0.05) is 19.1 Å². The molecule has 1 aromatic carbocycles. The Hall–Kier alpha value is -2.51. The van der Waals surface area contributed by atoms with E-state index in [2.05, 4.69) is 10.4 Å². The van der Waals surface area contributed by atoms with Gasteiger partial charge in [-0.15, -0.1) is 0 Å². The molecule has 26 heavy (non-hydrogen) atoms. The summed E-state index contributed by atoms with van der Waals surface area (Å²) in [6, 6.07) is 5.67. The molecule has 1 atom stereocenters. The second-order valence-corrected chi connectivity index (χ2v) is 6.17. The van der Waals surface area contributed by atoms with Crippen LogP contribution in [0.15, 0.2) is 30.6 Å². The third kappa shape index (κ3) is 5.79. The van der Waals surface area contributed by atoms with E-state index in [-0.39, 0.29) is 18.2 Å². The second-order valence-electron chi connectivity index (χ2n) is 6.17. The van der Waals surface area contributed by atoms with Crippen LogP contribution in [0, 0.1) is 6.92 Å². The molecule has 142 valence electrons. The van der Waals surface area contributed by atoms with E-state index in [4.69, 9.17) is 4.74 Å². The highest BCUT2D eigenvalue weighted by Crippen LogP contribution is 2.22. The summed E-state index contributed by atoms with van der Waals surface area (Å²) in [5.41, 5.74) is 1.91. The first kappa shape index (κ1) is 19.8. The van der Waals surface area contributed by atoms with Gasteiger partial charge in [0.05, 0.1) is 17.9 Å². The van der Waals surface area contributed by atoms with Crippen LogP contribution in [0.1, 0.15) is 41.8 Å². The van der Waals surface area contributed by atoms with Crippen molar-refractivity contribution in [3.63, 3.8) is 0 Å². The molecule has 0 saturated heterocycles. The molecule has 0 bridgehead atoms. The maximum Gasteiger partial charge on any atom is 0.408 e. The van der Waals surface area contributed by atoms with Crippen molar-refractivity contribution in [2.75, 3.05) is 0 Å². The van der Waals surface area contributed by atoms with Gasteiger partial charge in [0.2, 0.25) is 0 Å². The minimum atomic E-state index is -4.39. The normalized spacial score (nSPS) is 12.7. The summed E-state index contributed by atoms with van der Waals surface area (Å²) in [4.78, 5) is 12.2. The quantitative estimate of drug-likeness (QED) is 0.806. The Morgan fingerprint density at radius 2 is 2.12 bits per heavy atom. The van der Waals surface area contributed by atoms with Crippen molar-refractivity contribution in [3.8, 4) is 5.75 Å². The van der Waals surface area contributed by atoms with Crippen LogP contribution in [0.3, 0.4) is 0 Å². The lowest BCUT2D eigenvalue weighted by molar-refractivity contribution is -0.142. The van der Waals surface area contributed by atoms with E-state index in [0.29, 0.717) is 10.4 Å². The minimum absolute atomic E-state index is 0.0341. The van der Waals surface area contributed by atoms with E-state index >= 15 is 0 Å². The van der Waals surface area contributed by atoms with Gasteiger partial charge in [0, 0.05) is 18.3 Å². The van der Waals surface area contributed by atoms with E-state index in [1.165, 1.54) is 0 Å². The molecule has 0 fully saturated rings. The predicted octanol–water partition coefficient (Wildman–Crippen LogP) is 3.86. The zero-order valence-corrected chi connectivity index (χ0v) is 14.9. The third-order valence-electron chi connectivity index (χ3n) is 3.80. The average molecular weight is 369 g/mol. The molecular weight excluding hydrogens is 347 g/mol. The maximum absolute atomic E-state index is 12.4. The van der Waals surface area contributed by atoms with Crippen molar-refractivity contribution >= 4 is 5.91 Å². The number of halogens is 3. The molecule has 0 saturated carbocycles. The van der Waals surface area contributed by atoms with Gasteiger partial charge in [-0.05, 0) is 31.9 Å². The number of alkyl halides is 3. The van der Waals surface area contributed by atoms with E-state index in [0.717, 1.165) is 29.9 Å². The average Bonchev–Trinajstić information content (AvgIpc) is 3.00. The molecule has 1 heterocycles. The van der Waals surface area contributed by atoms with Crippen LogP contribution in [0.5, 0.6) is 5.75 Å². The first-order valence-electron chi connectivity index (χ1n) is 8.31. The molecule has 0 aliphatic heterocycles. The van der Waals surface area contributed by atoms with Crippen molar-refractivity contribution in [2.24, 2.45) is 0 Å². The molecule has 1 amide bonds. The zero-order valence-electron chi connectivity index (χ0n) is 14.9. The van der Waals surface area contributed by atoms with E-state index in [1.807, 2.05) is 39.0 Å². The Balaban J connectivity index is 2.03. The summed E-state index contributed by atoms with van der Waals surface area (Å²) in [6.45, 7) is 4.89. The molecule has 1 N–H and O–H groups in total. The summed E-state index contributed by atoms with van der Waals surface area (Å²) < 4.78 is 43.6. The van der Waals surface area contributed by atoms with E-state index < -0.39 is 18.6 Å². The Morgan fingerprint density at radius 3 is 2.77 bits per heavy atom. The molecule has 0 spiro atoms. The summed E-state index contributed by atoms with van der Waals surface area (Å²) in [5.74, 6) is 0.195. The number of rotatable bonds is 7. The summed E-state index contributed by atoms with van der Waals surface area (Å²) >= 11 is 0. The fraction of sp³-hybridized carbons (Fsp3) is 0.444. The number of carbonyl (C=O) groups is 1. The van der Waals surface area contributed by atoms with Crippen molar-refractivity contribution in [1.29, 1.82) is 0 Å². The van der Waals surface area contributed by atoms with Gasteiger partial charge in [0.15, 0.2) is 0 Å². The highest BCUT2D eigenvalue weighted by Gasteiger charge is 2.28. The van der Waals surface area contributed by atoms with Crippen molar-refractivity contribution in [2.45, 2.75) is 52.6 Å². The number of ether oxygens (including phenoxy) is 1. The van der Waals surface area contributed by atoms with Gasteiger partial charge in [0.25, 0.3) is 5.91 Å². The first-order valence-corrected chi connectivity index (χ1v) is 8.31. The van der Waals surface area contributed by atoms with Crippen LogP contribution in [-0.4, -0.2) is 28.0 Å². The lowest BCUT2D eigenvalue weighted by Gasteiger charge is -2.17. The van der Waals surface area contributed by atoms with Gasteiger partial charge < -0.3 is 10.1 Å². The molecule has 5 nitrogen and oxygen atoms in total. The minimum Gasteiger partial charge on any atom is -0.490 e. The first-order chi connectivity index (χ1) is 12.2. The zero-order chi connectivity index (χ0) is 19.3. The molecule has 1 aromatic heterocycles. The molecule has 0 radical (unpaired) electrons. The Bertz CT molecular complexity index is 756. The van der Waals surface area contributed by atoms with Crippen molar-refractivity contribution in [3.05, 3.63) is 47.3 Å². The number of benzene rings is 1. The van der Waals surface area contributed by atoms with E-state index in [1.54, 1.807) is 0 Å². The number of amides is 1. The van der Waals surface area contributed by atoms with Crippen LogP contribution < -0.4 is 10.1 Å². The number of hydrogen-bond acceptors (Lipinski definition) is 3. The second kappa shape index (κ2) is 8.25. The number of aryl methyl sites for hydroxylation is 1. The van der Waals surface area contributed by atoms with Crippen LogP contribution in [0.25, 0.3) is 0 Å². The molecule has 1 unspecified atom stereocenters. The highest BCUT2D eigenvalue weighted by atomic mass is 19.4. The van der Waals surface area contributed by atoms with Crippen molar-refractivity contribution < 1.29 is 22.7 Å². The summed E-state index contributed by atoms with van der Waals surface area (Å²) in [7, 11) is 0. The largest absolute Gasteiger partial charge is 0.490 e. The number of carbonyl (C=O) groups excluding carboxylic acids is 1.